The first-order chi connectivity index (χ1) is 13.6. The fourth-order valence-electron chi connectivity index (χ4n) is 3.84. The number of piperidine rings is 1. The summed E-state index contributed by atoms with van der Waals surface area (Å²) in [4.78, 5) is 13.3. The van der Waals surface area contributed by atoms with Gasteiger partial charge in [0, 0.05) is 23.2 Å². The van der Waals surface area contributed by atoms with Crippen LogP contribution >= 0.6 is 11.6 Å². The molecule has 2 aliphatic heterocycles. The van der Waals surface area contributed by atoms with E-state index in [1.807, 2.05) is 5.32 Å². The zero-order chi connectivity index (χ0) is 20.9. The molecule has 1 fully saturated rings. The summed E-state index contributed by atoms with van der Waals surface area (Å²) in [6.45, 7) is 0.401. The molecule has 2 aromatic rings. The molecule has 0 spiro atoms. The molecule has 2 aliphatic rings. The molecule has 0 bridgehead atoms. The standard InChI is InChI=1S/C19H14ClF5N2O2/c20-9-3-4-15-14(6-9)27-5-1-2-13(26-18(28)19(23,24)25)17(27)10-7-11(21)12(22)8-16(10)29-15/h3-4,6-8,13,17H,1-2,5H2,(H,26,28)/t13-,17-/m1/s1. The van der Waals surface area contributed by atoms with Gasteiger partial charge in [0.1, 0.15) is 5.75 Å². The lowest BCUT2D eigenvalue weighted by atomic mass is 9.89. The molecular formula is C19H14ClF5N2O2. The number of carbonyl (C=O) groups is 1. The van der Waals surface area contributed by atoms with E-state index in [0.717, 1.165) is 12.1 Å². The lowest BCUT2D eigenvalue weighted by Gasteiger charge is -2.42. The van der Waals surface area contributed by atoms with Crippen LogP contribution in [-0.4, -0.2) is 24.7 Å². The summed E-state index contributed by atoms with van der Waals surface area (Å²) in [6.07, 6.45) is -4.39. The van der Waals surface area contributed by atoms with Gasteiger partial charge in [0.15, 0.2) is 17.4 Å². The predicted octanol–water partition coefficient (Wildman–Crippen LogP) is 5.11. The molecule has 2 aromatic carbocycles. The zero-order valence-electron chi connectivity index (χ0n) is 14.7. The SMILES string of the molecule is O=C(N[C@@H]1CCCN2c3cc(Cl)ccc3Oc3cc(F)c(F)cc3[C@H]12)C(F)(F)F. The van der Waals surface area contributed by atoms with Gasteiger partial charge in [0.2, 0.25) is 0 Å². The van der Waals surface area contributed by atoms with E-state index in [9.17, 15) is 26.7 Å². The molecule has 0 radical (unpaired) electrons. The third-order valence-corrected chi connectivity index (χ3v) is 5.26. The van der Waals surface area contributed by atoms with Gasteiger partial charge in [-0.2, -0.15) is 13.2 Å². The fourth-order valence-corrected chi connectivity index (χ4v) is 4.00. The van der Waals surface area contributed by atoms with Gasteiger partial charge in [-0.25, -0.2) is 8.78 Å². The van der Waals surface area contributed by atoms with Crippen molar-refractivity contribution in [1.29, 1.82) is 0 Å². The molecule has 2 atom stereocenters. The molecule has 1 N–H and O–H groups in total. The van der Waals surface area contributed by atoms with E-state index in [2.05, 4.69) is 0 Å². The maximum Gasteiger partial charge on any atom is 0.471 e. The van der Waals surface area contributed by atoms with Gasteiger partial charge in [-0.1, -0.05) is 11.6 Å². The molecular weight excluding hydrogens is 419 g/mol. The minimum atomic E-state index is -5.07. The van der Waals surface area contributed by atoms with Gasteiger partial charge in [0.25, 0.3) is 0 Å². The van der Waals surface area contributed by atoms with Gasteiger partial charge in [-0.3, -0.25) is 4.79 Å². The first-order valence-corrected chi connectivity index (χ1v) is 9.13. The van der Waals surface area contributed by atoms with Gasteiger partial charge >= 0.3 is 12.1 Å². The van der Waals surface area contributed by atoms with E-state index in [1.165, 1.54) is 0 Å². The van der Waals surface area contributed by atoms with Crippen molar-refractivity contribution >= 4 is 23.2 Å². The highest BCUT2D eigenvalue weighted by Gasteiger charge is 2.44. The van der Waals surface area contributed by atoms with Crippen LogP contribution < -0.4 is 15.0 Å². The van der Waals surface area contributed by atoms with Gasteiger partial charge in [-0.15, -0.1) is 0 Å². The summed E-state index contributed by atoms with van der Waals surface area (Å²) in [5.74, 6) is -4.15. The highest BCUT2D eigenvalue weighted by molar-refractivity contribution is 6.31. The monoisotopic (exact) mass is 432 g/mol. The normalized spacial score (nSPS) is 20.7. The second kappa shape index (κ2) is 7.05. The topological polar surface area (TPSA) is 41.6 Å². The molecule has 1 saturated heterocycles. The van der Waals surface area contributed by atoms with Crippen LogP contribution in [0.3, 0.4) is 0 Å². The Hall–Kier alpha value is -2.55. The van der Waals surface area contributed by atoms with Crippen LogP contribution in [0.5, 0.6) is 11.5 Å². The molecule has 4 nitrogen and oxygen atoms in total. The minimum Gasteiger partial charge on any atom is -0.455 e. The van der Waals surface area contributed by atoms with Crippen molar-refractivity contribution in [2.45, 2.75) is 31.1 Å². The number of alkyl halides is 3. The summed E-state index contributed by atoms with van der Waals surface area (Å²) in [7, 11) is 0. The van der Waals surface area contributed by atoms with Crippen molar-refractivity contribution in [3.8, 4) is 11.5 Å². The molecule has 29 heavy (non-hydrogen) atoms. The molecule has 0 unspecified atom stereocenters. The number of fused-ring (bicyclic) bond motifs is 5. The van der Waals surface area contributed by atoms with Gasteiger partial charge in [0.05, 0.1) is 17.8 Å². The van der Waals surface area contributed by atoms with Crippen molar-refractivity contribution < 1.29 is 31.5 Å². The summed E-state index contributed by atoms with van der Waals surface area (Å²) >= 11 is 6.08. The Morgan fingerprint density at radius 3 is 2.59 bits per heavy atom. The quantitative estimate of drug-likeness (QED) is 0.636. The molecule has 0 aliphatic carbocycles. The highest BCUT2D eigenvalue weighted by atomic mass is 35.5. The van der Waals surface area contributed by atoms with Crippen molar-refractivity contribution in [2.24, 2.45) is 0 Å². The first-order valence-electron chi connectivity index (χ1n) is 8.76. The molecule has 154 valence electrons. The van der Waals surface area contributed by atoms with Crippen molar-refractivity contribution in [3.63, 3.8) is 0 Å². The summed E-state index contributed by atoms with van der Waals surface area (Å²) in [5, 5.41) is 2.35. The van der Waals surface area contributed by atoms with Crippen LogP contribution in [-0.2, 0) is 4.79 Å². The Morgan fingerprint density at radius 1 is 1.14 bits per heavy atom. The van der Waals surface area contributed by atoms with Crippen LogP contribution in [0, 0.1) is 11.6 Å². The number of halogens is 6. The van der Waals surface area contributed by atoms with E-state index in [0.29, 0.717) is 29.4 Å². The maximum atomic E-state index is 14.0. The number of nitrogens with zero attached hydrogens (tertiary/aromatic N) is 1. The number of nitrogens with one attached hydrogen (secondary N) is 1. The number of rotatable bonds is 1. The molecule has 0 saturated carbocycles. The number of carbonyl (C=O) groups excluding carboxylic acids is 1. The smallest absolute Gasteiger partial charge is 0.455 e. The van der Waals surface area contributed by atoms with Crippen LogP contribution in [0.4, 0.5) is 27.6 Å². The van der Waals surface area contributed by atoms with E-state index in [1.54, 1.807) is 23.1 Å². The lowest BCUT2D eigenvalue weighted by molar-refractivity contribution is -0.174. The van der Waals surface area contributed by atoms with E-state index in [-0.39, 0.29) is 17.7 Å². The third kappa shape index (κ3) is 3.59. The minimum absolute atomic E-state index is 0.0341. The van der Waals surface area contributed by atoms with Crippen molar-refractivity contribution in [1.82, 2.24) is 5.32 Å². The molecule has 4 rings (SSSR count). The molecule has 1 amide bonds. The van der Waals surface area contributed by atoms with Gasteiger partial charge < -0.3 is 15.0 Å². The van der Waals surface area contributed by atoms with Crippen LogP contribution in [0.25, 0.3) is 0 Å². The Balaban J connectivity index is 1.86. The second-order valence-corrected chi connectivity index (χ2v) is 7.31. The number of hydrogen-bond acceptors (Lipinski definition) is 3. The highest BCUT2D eigenvalue weighted by Crippen LogP contribution is 2.48. The summed E-state index contributed by atoms with van der Waals surface area (Å²) in [6, 6.07) is 4.50. The fraction of sp³-hybridized carbons (Fsp3) is 0.316. The summed E-state index contributed by atoms with van der Waals surface area (Å²) < 4.78 is 72.2. The number of amides is 1. The first kappa shape index (κ1) is 19.8. The van der Waals surface area contributed by atoms with Crippen LogP contribution in [0.15, 0.2) is 30.3 Å². The van der Waals surface area contributed by atoms with E-state index in [4.69, 9.17) is 16.3 Å². The van der Waals surface area contributed by atoms with E-state index >= 15 is 0 Å². The van der Waals surface area contributed by atoms with Crippen LogP contribution in [0.1, 0.15) is 24.4 Å². The number of hydrogen-bond donors (Lipinski definition) is 1. The number of ether oxygens (including phenoxy) is 1. The lowest BCUT2D eigenvalue weighted by Crippen LogP contribution is -2.52. The Bertz CT molecular complexity index is 982. The maximum absolute atomic E-state index is 14.0. The van der Waals surface area contributed by atoms with E-state index < -0.39 is 35.8 Å². The zero-order valence-corrected chi connectivity index (χ0v) is 15.5. The Kier molecular flexibility index (Phi) is 4.80. The third-order valence-electron chi connectivity index (χ3n) is 5.03. The van der Waals surface area contributed by atoms with Gasteiger partial charge in [-0.05, 0) is 37.1 Å². The average molecular weight is 433 g/mol. The summed E-state index contributed by atoms with van der Waals surface area (Å²) in [5.41, 5.74) is 0.605. The average Bonchev–Trinajstić information content (AvgIpc) is 2.77. The molecule has 10 heteroatoms. The van der Waals surface area contributed by atoms with Crippen molar-refractivity contribution in [3.05, 3.63) is 52.6 Å². The number of benzene rings is 2. The molecule has 0 aromatic heterocycles. The second-order valence-electron chi connectivity index (χ2n) is 6.88. The molecule has 2 heterocycles. The number of anilines is 1. The predicted molar refractivity (Wildman–Crippen MR) is 95.2 cm³/mol. The Morgan fingerprint density at radius 2 is 1.86 bits per heavy atom. The largest absolute Gasteiger partial charge is 0.471 e. The van der Waals surface area contributed by atoms with Crippen molar-refractivity contribution in [2.75, 3.05) is 11.4 Å². The Labute approximate surface area is 167 Å². The van der Waals surface area contributed by atoms with Crippen LogP contribution in [0.2, 0.25) is 5.02 Å².